The summed E-state index contributed by atoms with van der Waals surface area (Å²) in [5, 5.41) is 19.3. The molecule has 0 aliphatic heterocycles. The average molecular weight is 993 g/mol. The van der Waals surface area contributed by atoms with E-state index in [4.69, 9.17) is 38.6 Å². The van der Waals surface area contributed by atoms with E-state index in [1.54, 1.807) is 84.9 Å². The lowest BCUT2D eigenvalue weighted by molar-refractivity contribution is -0.138. The molecule has 0 saturated carbocycles. The number of nitrogens with one attached hydrogen (secondary N) is 2. The van der Waals surface area contributed by atoms with Crippen molar-refractivity contribution in [3.8, 4) is 34.5 Å². The van der Waals surface area contributed by atoms with Crippen molar-refractivity contribution < 1.29 is 65.1 Å². The van der Waals surface area contributed by atoms with E-state index in [0.717, 1.165) is 16.5 Å². The minimum Gasteiger partial charge on any atom is -0.497 e. The number of rotatable bonds is 24. The Labute approximate surface area is 406 Å². The fourth-order valence-electron chi connectivity index (χ4n) is 6.89. The van der Waals surface area contributed by atoms with Gasteiger partial charge in [0, 0.05) is 35.7 Å². The number of anilines is 2. The van der Waals surface area contributed by atoms with E-state index in [0.29, 0.717) is 58.4 Å². The third-order valence-corrected chi connectivity index (χ3v) is 13.1. The van der Waals surface area contributed by atoms with Crippen LogP contribution in [0.15, 0.2) is 168 Å². The van der Waals surface area contributed by atoms with Crippen molar-refractivity contribution in [1.29, 1.82) is 0 Å². The van der Waals surface area contributed by atoms with Crippen LogP contribution in [0.4, 0.5) is 11.4 Å². The smallest absolute Gasteiger partial charge is 0.303 e. The molecule has 0 spiro atoms. The molecule has 70 heavy (non-hydrogen) atoms. The van der Waals surface area contributed by atoms with E-state index in [9.17, 15) is 26.4 Å². The zero-order chi connectivity index (χ0) is 49.9. The molecule has 0 unspecified atom stereocenters. The molecule has 4 N–H and O–H groups in total. The van der Waals surface area contributed by atoms with Crippen molar-refractivity contribution in [2.24, 2.45) is 0 Å². The highest BCUT2D eigenvalue weighted by Crippen LogP contribution is 2.31. The lowest BCUT2D eigenvalue weighted by Crippen LogP contribution is -2.14. The molecule has 366 valence electrons. The Morgan fingerprint density at radius 2 is 0.900 bits per heavy atom. The van der Waals surface area contributed by atoms with Gasteiger partial charge < -0.3 is 38.6 Å². The van der Waals surface area contributed by atoms with Crippen LogP contribution in [0.5, 0.6) is 34.5 Å². The van der Waals surface area contributed by atoms with E-state index in [1.165, 1.54) is 26.4 Å². The summed E-state index contributed by atoms with van der Waals surface area (Å²) in [6.45, 7) is 1.06. The van der Waals surface area contributed by atoms with Crippen molar-refractivity contribution >= 4 is 54.1 Å². The number of aryl methyl sites for hydroxylation is 2. The summed E-state index contributed by atoms with van der Waals surface area (Å²) in [4.78, 5) is 21.8. The molecular formula is C52H52N2O14S2. The summed E-state index contributed by atoms with van der Waals surface area (Å²) in [7, 11) is -4.84. The maximum absolute atomic E-state index is 13.0. The maximum Gasteiger partial charge on any atom is 0.303 e. The predicted molar refractivity (Wildman–Crippen MR) is 265 cm³/mol. The van der Waals surface area contributed by atoms with Crippen LogP contribution in [0.3, 0.4) is 0 Å². The highest BCUT2D eigenvalue weighted by molar-refractivity contribution is 7.93. The van der Waals surface area contributed by atoms with Crippen LogP contribution in [0.25, 0.3) is 10.8 Å². The second kappa shape index (κ2) is 24.9. The van der Waals surface area contributed by atoms with Crippen molar-refractivity contribution in [3.63, 3.8) is 0 Å². The minimum absolute atomic E-state index is 0.0254. The van der Waals surface area contributed by atoms with Crippen LogP contribution >= 0.6 is 0 Å². The highest BCUT2D eigenvalue weighted by Gasteiger charge is 2.21. The largest absolute Gasteiger partial charge is 0.497 e. The van der Waals surface area contributed by atoms with Gasteiger partial charge in [-0.15, -0.1) is 0 Å². The van der Waals surface area contributed by atoms with E-state index in [2.05, 4.69) is 9.44 Å². The Morgan fingerprint density at radius 1 is 0.457 bits per heavy atom. The second-order valence-corrected chi connectivity index (χ2v) is 18.5. The van der Waals surface area contributed by atoms with Gasteiger partial charge in [-0.1, -0.05) is 72.8 Å². The van der Waals surface area contributed by atoms with Crippen LogP contribution in [0, 0.1) is 0 Å². The molecule has 0 fully saturated rings. The standard InChI is InChI=1S/C27H25NO6S.C25H27NO8S/c29-27(30)17-12-21-7-2-4-10-25(21)34-19-18-33-23-15-13-22(14-16-23)28-35(31,32)26-11-5-8-20-6-1-3-9-24(20)26;1-31-21-12-13-23(32-2)24(17-21)35(29,30)26-19-8-10-20(11-9-19)33-15-16-34-22-6-4-3-5-18(22)7-14-25(27)28/h1-11,13-16,28H,12,17-19H2,(H,29,30);3-6,8-13,17,26H,7,14-16H2,1-2H3,(H,27,28). The van der Waals surface area contributed by atoms with Gasteiger partial charge in [-0.25, -0.2) is 16.8 Å². The van der Waals surface area contributed by atoms with Gasteiger partial charge in [0.15, 0.2) is 0 Å². The minimum atomic E-state index is -3.92. The van der Waals surface area contributed by atoms with Crippen molar-refractivity contribution in [2.75, 3.05) is 50.1 Å². The number of fused-ring (bicyclic) bond motifs is 1. The SMILES string of the molecule is COc1ccc(OC)c(S(=O)(=O)Nc2ccc(OCCOc3ccccc3CCC(=O)O)cc2)c1.O=C(O)CCc1ccccc1OCCOc1ccc(NS(=O)(=O)c2cccc3ccccc23)cc1. The Bertz CT molecular complexity index is 3070. The Kier molecular flexibility index (Phi) is 18.3. The van der Waals surface area contributed by atoms with Gasteiger partial charge in [0.2, 0.25) is 0 Å². The number of aliphatic carboxylic acids is 2. The van der Waals surface area contributed by atoms with Crippen LogP contribution < -0.4 is 37.9 Å². The molecule has 0 heterocycles. The van der Waals surface area contributed by atoms with Gasteiger partial charge in [0.05, 0.1) is 19.1 Å². The maximum atomic E-state index is 13.0. The molecule has 18 heteroatoms. The second-order valence-electron chi connectivity index (χ2n) is 15.2. The van der Waals surface area contributed by atoms with Crippen molar-refractivity contribution in [2.45, 2.75) is 35.5 Å². The van der Waals surface area contributed by atoms with Gasteiger partial charge in [-0.2, -0.15) is 0 Å². The summed E-state index contributed by atoms with van der Waals surface area (Å²) in [6.07, 6.45) is 0.832. The zero-order valence-corrected chi connectivity index (χ0v) is 39.9. The Morgan fingerprint density at radius 3 is 1.40 bits per heavy atom. The van der Waals surface area contributed by atoms with Gasteiger partial charge in [-0.3, -0.25) is 19.0 Å². The normalized spacial score (nSPS) is 11.1. The number of hydrogen-bond donors (Lipinski definition) is 4. The molecule has 7 aromatic rings. The third-order valence-electron chi connectivity index (χ3n) is 10.3. The van der Waals surface area contributed by atoms with Crippen LogP contribution in [-0.2, 0) is 42.5 Å². The van der Waals surface area contributed by atoms with Gasteiger partial charge in [-0.05, 0) is 108 Å². The monoisotopic (exact) mass is 992 g/mol. The van der Waals surface area contributed by atoms with Crippen molar-refractivity contribution in [1.82, 2.24) is 0 Å². The number of para-hydroxylation sites is 2. The number of carboxylic acid groups (broad SMARTS) is 2. The average Bonchev–Trinajstić information content (AvgIpc) is 3.36. The summed E-state index contributed by atoms with van der Waals surface area (Å²) in [5.74, 6) is 1.23. The molecule has 0 bridgehead atoms. The van der Waals surface area contributed by atoms with E-state index >= 15 is 0 Å². The van der Waals surface area contributed by atoms with Gasteiger partial charge in [0.25, 0.3) is 20.0 Å². The molecule has 7 rings (SSSR count). The number of carboxylic acids is 2. The van der Waals surface area contributed by atoms with E-state index in [-0.39, 0.29) is 54.8 Å². The summed E-state index contributed by atoms with van der Waals surface area (Å²) < 4.78 is 90.0. The fourth-order valence-corrected chi connectivity index (χ4v) is 9.42. The number of methoxy groups -OCH3 is 2. The summed E-state index contributed by atoms with van der Waals surface area (Å²) in [6, 6.07) is 44.7. The number of ether oxygens (including phenoxy) is 6. The molecule has 0 saturated heterocycles. The fraction of sp³-hybridized carbons (Fsp3) is 0.192. The topological polar surface area (TPSA) is 222 Å². The molecule has 0 amide bonds. The lowest BCUT2D eigenvalue weighted by Gasteiger charge is -2.14. The number of benzene rings is 7. The number of sulfonamides is 2. The Hall–Kier alpha value is -7.96. The first-order valence-electron chi connectivity index (χ1n) is 21.8. The van der Waals surface area contributed by atoms with E-state index < -0.39 is 32.0 Å². The predicted octanol–water partition coefficient (Wildman–Crippen LogP) is 9.10. The van der Waals surface area contributed by atoms with Gasteiger partial charge >= 0.3 is 11.9 Å². The molecule has 16 nitrogen and oxygen atoms in total. The molecule has 0 atom stereocenters. The Balaban J connectivity index is 0.000000230. The quantitative estimate of drug-likeness (QED) is 0.0415. The zero-order valence-electron chi connectivity index (χ0n) is 38.3. The van der Waals surface area contributed by atoms with Gasteiger partial charge in [0.1, 0.15) is 65.8 Å². The number of carbonyl (C=O) groups is 2. The lowest BCUT2D eigenvalue weighted by atomic mass is 10.1. The van der Waals surface area contributed by atoms with Crippen molar-refractivity contribution in [3.05, 3.63) is 169 Å². The molecule has 0 radical (unpaired) electrons. The highest BCUT2D eigenvalue weighted by atomic mass is 32.2. The number of hydrogen-bond acceptors (Lipinski definition) is 12. The first-order chi connectivity index (χ1) is 33.7. The molecule has 0 aromatic heterocycles. The first kappa shape index (κ1) is 51.4. The summed E-state index contributed by atoms with van der Waals surface area (Å²) in [5.41, 5.74) is 2.43. The molecular weight excluding hydrogens is 941 g/mol. The molecule has 7 aromatic carbocycles. The summed E-state index contributed by atoms with van der Waals surface area (Å²) >= 11 is 0. The molecule has 0 aliphatic rings. The van der Waals surface area contributed by atoms with Crippen LogP contribution in [0.1, 0.15) is 24.0 Å². The third kappa shape index (κ3) is 15.0. The molecule has 0 aliphatic carbocycles. The van der Waals surface area contributed by atoms with Crippen LogP contribution in [-0.4, -0.2) is 79.6 Å². The van der Waals surface area contributed by atoms with E-state index in [1.807, 2.05) is 60.7 Å². The van der Waals surface area contributed by atoms with Crippen LogP contribution in [0.2, 0.25) is 0 Å². The first-order valence-corrected chi connectivity index (χ1v) is 24.8.